The van der Waals surface area contributed by atoms with Crippen LogP contribution in [0.2, 0.25) is 0 Å². The molecule has 2 nitrogen and oxygen atoms in total. The number of pyridine rings is 1. The van der Waals surface area contributed by atoms with Crippen LogP contribution < -0.4 is 11.0 Å². The maximum Gasteiger partial charge on any atom is 0.256 e. The van der Waals surface area contributed by atoms with Gasteiger partial charge in [-0.1, -0.05) is 40.0 Å². The lowest BCUT2D eigenvalue weighted by Gasteiger charge is -2.13. The minimum Gasteiger partial charge on any atom is -0.322 e. The summed E-state index contributed by atoms with van der Waals surface area (Å²) in [5, 5.41) is 1.84. The van der Waals surface area contributed by atoms with E-state index < -0.39 is 0 Å². The van der Waals surface area contributed by atoms with E-state index in [9.17, 15) is 4.79 Å². The fraction of sp³-hybridized carbons (Fsp3) is 0.308. The van der Waals surface area contributed by atoms with E-state index in [2.05, 4.69) is 24.9 Å². The smallest absolute Gasteiger partial charge is 0.256 e. The van der Waals surface area contributed by atoms with Crippen LogP contribution in [0.1, 0.15) is 13.8 Å². The van der Waals surface area contributed by atoms with E-state index in [0.717, 1.165) is 28.5 Å². The van der Waals surface area contributed by atoms with Gasteiger partial charge in [-0.05, 0) is 29.8 Å². The highest BCUT2D eigenvalue weighted by molar-refractivity contribution is 7.65. The standard InChI is InChI=1S/C13H16NOP/c1-3-16(4-2)12-9-10-7-5-6-8-11(10)13(15)14-12/h5-9H,3-4H2,1-2H3,(H,14,15). The molecule has 0 saturated heterocycles. The summed E-state index contributed by atoms with van der Waals surface area (Å²) >= 11 is 0. The van der Waals surface area contributed by atoms with Crippen molar-refractivity contribution in [2.75, 3.05) is 12.3 Å². The van der Waals surface area contributed by atoms with Gasteiger partial charge in [0.25, 0.3) is 5.56 Å². The lowest BCUT2D eigenvalue weighted by Crippen LogP contribution is -2.19. The molecule has 2 rings (SSSR count). The lowest BCUT2D eigenvalue weighted by molar-refractivity contribution is 1.31. The summed E-state index contributed by atoms with van der Waals surface area (Å²) in [4.78, 5) is 14.9. The molecular weight excluding hydrogens is 217 g/mol. The molecule has 0 spiro atoms. The topological polar surface area (TPSA) is 32.9 Å². The zero-order chi connectivity index (χ0) is 11.5. The van der Waals surface area contributed by atoms with Gasteiger partial charge in [-0.2, -0.15) is 0 Å². The molecule has 1 heterocycles. The van der Waals surface area contributed by atoms with Crippen molar-refractivity contribution in [3.8, 4) is 0 Å². The first-order valence-corrected chi connectivity index (χ1v) is 7.34. The average molecular weight is 233 g/mol. The number of nitrogens with one attached hydrogen (secondary N) is 1. The van der Waals surface area contributed by atoms with Crippen molar-refractivity contribution in [2.24, 2.45) is 0 Å². The third kappa shape index (κ3) is 2.03. The first-order chi connectivity index (χ1) is 7.76. The Hall–Kier alpha value is -1.14. The van der Waals surface area contributed by atoms with Gasteiger partial charge >= 0.3 is 0 Å². The SMILES string of the molecule is CCP(CC)c1cc2ccccc2c(=O)[nH]1. The van der Waals surface area contributed by atoms with E-state index in [4.69, 9.17) is 0 Å². The number of fused-ring (bicyclic) bond motifs is 1. The minimum atomic E-state index is -0.196. The van der Waals surface area contributed by atoms with E-state index in [1.165, 1.54) is 0 Å². The molecule has 0 bridgehead atoms. The van der Waals surface area contributed by atoms with E-state index in [-0.39, 0.29) is 13.5 Å². The molecule has 0 aliphatic carbocycles. The summed E-state index contributed by atoms with van der Waals surface area (Å²) in [7, 11) is -0.196. The number of H-pyrrole nitrogens is 1. The zero-order valence-electron chi connectivity index (χ0n) is 9.66. The average Bonchev–Trinajstić information content (AvgIpc) is 2.31. The number of aromatic amines is 1. The van der Waals surface area contributed by atoms with Crippen LogP contribution in [0.15, 0.2) is 35.1 Å². The fourth-order valence-electron chi connectivity index (χ4n) is 1.93. The van der Waals surface area contributed by atoms with Gasteiger partial charge in [0.15, 0.2) is 0 Å². The third-order valence-corrected chi connectivity index (χ3v) is 5.29. The predicted molar refractivity (Wildman–Crippen MR) is 72.2 cm³/mol. The molecule has 0 aliphatic rings. The molecule has 0 unspecified atom stereocenters. The molecule has 0 atom stereocenters. The van der Waals surface area contributed by atoms with Gasteiger partial charge in [-0.25, -0.2) is 0 Å². The van der Waals surface area contributed by atoms with Crippen molar-refractivity contribution in [2.45, 2.75) is 13.8 Å². The summed E-state index contributed by atoms with van der Waals surface area (Å²) < 4.78 is 0. The van der Waals surface area contributed by atoms with Gasteiger partial charge in [0, 0.05) is 10.8 Å². The van der Waals surface area contributed by atoms with Crippen molar-refractivity contribution < 1.29 is 0 Å². The van der Waals surface area contributed by atoms with Gasteiger partial charge in [0.2, 0.25) is 0 Å². The minimum absolute atomic E-state index is 0.0440. The van der Waals surface area contributed by atoms with Crippen molar-refractivity contribution in [1.82, 2.24) is 4.98 Å². The first kappa shape index (κ1) is 11.3. The van der Waals surface area contributed by atoms with Crippen LogP contribution in [-0.4, -0.2) is 17.3 Å². The van der Waals surface area contributed by atoms with Gasteiger partial charge in [-0.15, -0.1) is 0 Å². The van der Waals surface area contributed by atoms with E-state index >= 15 is 0 Å². The second kappa shape index (κ2) is 4.80. The quantitative estimate of drug-likeness (QED) is 0.812. The van der Waals surface area contributed by atoms with Crippen LogP contribution in [0.4, 0.5) is 0 Å². The number of benzene rings is 1. The molecule has 0 radical (unpaired) electrons. The Morgan fingerprint density at radius 2 is 1.88 bits per heavy atom. The van der Waals surface area contributed by atoms with Crippen LogP contribution in [0.25, 0.3) is 10.8 Å². The van der Waals surface area contributed by atoms with Crippen LogP contribution in [-0.2, 0) is 0 Å². The Morgan fingerprint density at radius 1 is 1.19 bits per heavy atom. The Labute approximate surface area is 96.5 Å². The summed E-state index contributed by atoms with van der Waals surface area (Å²) in [6, 6.07) is 9.89. The maximum atomic E-state index is 11.9. The molecule has 2 aromatic rings. The zero-order valence-corrected chi connectivity index (χ0v) is 10.6. The molecule has 1 N–H and O–H groups in total. The number of hydrogen-bond donors (Lipinski definition) is 1. The van der Waals surface area contributed by atoms with Crippen LogP contribution in [0.5, 0.6) is 0 Å². The number of rotatable bonds is 3. The summed E-state index contributed by atoms with van der Waals surface area (Å²) in [5.41, 5.74) is 1.17. The monoisotopic (exact) mass is 233 g/mol. The number of aromatic nitrogens is 1. The van der Waals surface area contributed by atoms with E-state index in [1.807, 2.05) is 24.3 Å². The first-order valence-electron chi connectivity index (χ1n) is 5.63. The van der Waals surface area contributed by atoms with Crippen molar-refractivity contribution in [3.63, 3.8) is 0 Å². The Morgan fingerprint density at radius 3 is 2.56 bits per heavy atom. The van der Waals surface area contributed by atoms with Crippen LogP contribution >= 0.6 is 7.92 Å². The fourth-order valence-corrected chi connectivity index (χ4v) is 3.64. The van der Waals surface area contributed by atoms with Crippen molar-refractivity contribution >= 4 is 24.1 Å². The molecule has 3 heteroatoms. The predicted octanol–water partition coefficient (Wildman–Crippen LogP) is 2.68. The molecule has 1 aromatic carbocycles. The van der Waals surface area contributed by atoms with Gasteiger partial charge in [0.1, 0.15) is 0 Å². The molecule has 0 saturated carbocycles. The van der Waals surface area contributed by atoms with E-state index in [0.29, 0.717) is 0 Å². The highest BCUT2D eigenvalue weighted by Crippen LogP contribution is 2.32. The lowest BCUT2D eigenvalue weighted by atomic mass is 10.2. The largest absolute Gasteiger partial charge is 0.322 e. The molecule has 84 valence electrons. The van der Waals surface area contributed by atoms with Gasteiger partial charge in [0.05, 0.1) is 0 Å². The second-order valence-electron chi connectivity index (χ2n) is 3.74. The summed E-state index contributed by atoms with van der Waals surface area (Å²) in [6.07, 6.45) is 2.25. The highest BCUT2D eigenvalue weighted by Gasteiger charge is 2.08. The highest BCUT2D eigenvalue weighted by atomic mass is 31.1. The van der Waals surface area contributed by atoms with Crippen LogP contribution in [0, 0.1) is 0 Å². The molecule has 0 fully saturated rings. The van der Waals surface area contributed by atoms with E-state index in [1.54, 1.807) is 0 Å². The normalized spacial score (nSPS) is 11.2. The second-order valence-corrected chi connectivity index (χ2v) is 6.57. The Bertz CT molecular complexity index is 543. The summed E-state index contributed by atoms with van der Waals surface area (Å²) in [5.74, 6) is 0. The Balaban J connectivity index is 2.62. The molecule has 1 aromatic heterocycles. The van der Waals surface area contributed by atoms with Gasteiger partial charge < -0.3 is 4.98 Å². The number of hydrogen-bond acceptors (Lipinski definition) is 1. The maximum absolute atomic E-state index is 11.9. The molecule has 16 heavy (non-hydrogen) atoms. The Kier molecular flexibility index (Phi) is 3.40. The third-order valence-electron chi connectivity index (χ3n) is 2.84. The van der Waals surface area contributed by atoms with Crippen LogP contribution in [0.3, 0.4) is 0 Å². The molecule has 0 amide bonds. The van der Waals surface area contributed by atoms with Crippen molar-refractivity contribution in [1.29, 1.82) is 0 Å². The van der Waals surface area contributed by atoms with Crippen molar-refractivity contribution in [3.05, 3.63) is 40.7 Å². The molecular formula is C13H16NOP. The summed E-state index contributed by atoms with van der Waals surface area (Å²) in [6.45, 7) is 4.37. The van der Waals surface area contributed by atoms with Gasteiger partial charge in [-0.3, -0.25) is 4.79 Å². The molecule has 0 aliphatic heterocycles.